The molecule has 0 spiro atoms. The number of nitrogens with zero attached hydrogens (tertiary/aromatic N) is 1. The van der Waals surface area contributed by atoms with Crippen LogP contribution >= 0.6 is 0 Å². The number of alkyl halides is 1. The molecule has 1 N–H and O–H groups in total. The number of hydrogen-bond acceptors (Lipinski definition) is 3. The zero-order chi connectivity index (χ0) is 11.1. The molecule has 0 heterocycles. The molecule has 0 aromatic heterocycles. The zero-order valence-electron chi connectivity index (χ0n) is 7.89. The Bertz CT molecular complexity index is 351. The fourth-order valence-electron chi connectivity index (χ4n) is 0.880. The van der Waals surface area contributed by atoms with E-state index in [2.05, 4.69) is 5.16 Å². The minimum Gasteiger partial charge on any atom is -0.477 e. The average Bonchev–Trinajstić information content (AvgIpc) is 2.25. The predicted molar refractivity (Wildman–Crippen MR) is 52.3 cm³/mol. The van der Waals surface area contributed by atoms with E-state index in [4.69, 9.17) is 9.94 Å². The summed E-state index contributed by atoms with van der Waals surface area (Å²) in [7, 11) is 0. The van der Waals surface area contributed by atoms with E-state index in [1.54, 1.807) is 12.1 Å². The molecule has 1 aromatic rings. The second-order valence-electron chi connectivity index (χ2n) is 2.74. The highest BCUT2D eigenvalue weighted by atomic mass is 19.1. The van der Waals surface area contributed by atoms with E-state index < -0.39 is 18.4 Å². The summed E-state index contributed by atoms with van der Waals surface area (Å²) in [5, 5.41) is 11.6. The first-order chi connectivity index (χ1) is 7.24. The highest BCUT2D eigenvalue weighted by Gasteiger charge is 2.08. The third kappa shape index (κ3) is 3.76. The summed E-state index contributed by atoms with van der Waals surface area (Å²) < 4.78 is 12.0. The van der Waals surface area contributed by atoms with Gasteiger partial charge in [0.25, 0.3) is 0 Å². The molecule has 15 heavy (non-hydrogen) atoms. The number of oxime groups is 1. The predicted octanol–water partition coefficient (Wildman–Crippen LogP) is 1.61. The summed E-state index contributed by atoms with van der Waals surface area (Å²) in [5.41, 5.74) is 0.204. The Morgan fingerprint density at radius 2 is 2.07 bits per heavy atom. The molecule has 0 saturated carbocycles. The molecule has 0 radical (unpaired) electrons. The van der Waals surface area contributed by atoms with Crippen molar-refractivity contribution in [1.82, 2.24) is 0 Å². The molecule has 1 rings (SSSR count). The minimum atomic E-state index is -1.41. The molecule has 80 valence electrons. The number of hydrogen-bond donors (Lipinski definition) is 1. The number of halogens is 1. The van der Waals surface area contributed by atoms with Gasteiger partial charge in [0.1, 0.15) is 13.3 Å². The van der Waals surface area contributed by atoms with Gasteiger partial charge < -0.3 is 9.94 Å². The molecule has 0 aliphatic carbocycles. The van der Waals surface area contributed by atoms with Crippen molar-refractivity contribution in [1.29, 1.82) is 0 Å². The van der Waals surface area contributed by atoms with Crippen molar-refractivity contribution in [2.45, 2.75) is 6.61 Å². The van der Waals surface area contributed by atoms with Crippen LogP contribution in [0.3, 0.4) is 0 Å². The topological polar surface area (TPSA) is 58.9 Å². The SMILES string of the molecule is O=C(O)/C(CF)=N\OCc1ccccc1. The number of rotatable bonds is 5. The first-order valence-corrected chi connectivity index (χ1v) is 4.26. The normalized spacial score (nSPS) is 11.1. The number of carboxylic acids is 1. The van der Waals surface area contributed by atoms with Crippen LogP contribution in [0.2, 0.25) is 0 Å². The maximum atomic E-state index is 12.0. The molecule has 0 fully saturated rings. The number of carboxylic acid groups (broad SMARTS) is 1. The molecule has 0 saturated heterocycles. The van der Waals surface area contributed by atoms with Crippen molar-refractivity contribution in [3.05, 3.63) is 35.9 Å². The Morgan fingerprint density at radius 3 is 2.60 bits per heavy atom. The second-order valence-corrected chi connectivity index (χ2v) is 2.74. The van der Waals surface area contributed by atoms with Crippen LogP contribution in [0.1, 0.15) is 5.56 Å². The Balaban J connectivity index is 2.48. The van der Waals surface area contributed by atoms with E-state index in [1.807, 2.05) is 18.2 Å². The molecule has 5 heteroatoms. The molecule has 0 atom stereocenters. The third-order valence-electron chi connectivity index (χ3n) is 1.62. The molecule has 4 nitrogen and oxygen atoms in total. The minimum absolute atomic E-state index is 0.123. The smallest absolute Gasteiger partial charge is 0.356 e. The Labute approximate surface area is 86.0 Å². The van der Waals surface area contributed by atoms with Crippen LogP contribution in [0, 0.1) is 0 Å². The lowest BCUT2D eigenvalue weighted by Crippen LogP contribution is -2.15. The fraction of sp³-hybridized carbons (Fsp3) is 0.200. The molecular weight excluding hydrogens is 201 g/mol. The summed E-state index contributed by atoms with van der Waals surface area (Å²) >= 11 is 0. The molecule has 0 bridgehead atoms. The van der Waals surface area contributed by atoms with Gasteiger partial charge in [0.2, 0.25) is 0 Å². The third-order valence-corrected chi connectivity index (χ3v) is 1.62. The van der Waals surface area contributed by atoms with Crippen molar-refractivity contribution >= 4 is 11.7 Å². The van der Waals surface area contributed by atoms with E-state index in [1.165, 1.54) is 0 Å². The highest BCUT2D eigenvalue weighted by Crippen LogP contribution is 2.00. The van der Waals surface area contributed by atoms with Crippen molar-refractivity contribution in [3.8, 4) is 0 Å². The zero-order valence-corrected chi connectivity index (χ0v) is 7.89. The summed E-state index contributed by atoms with van der Waals surface area (Å²) in [6.07, 6.45) is 0. The van der Waals surface area contributed by atoms with Crippen LogP contribution in [0.5, 0.6) is 0 Å². The van der Waals surface area contributed by atoms with E-state index in [0.29, 0.717) is 0 Å². The maximum Gasteiger partial charge on any atom is 0.356 e. The van der Waals surface area contributed by atoms with E-state index in [-0.39, 0.29) is 6.61 Å². The summed E-state index contributed by atoms with van der Waals surface area (Å²) in [6.45, 7) is -1.03. The summed E-state index contributed by atoms with van der Waals surface area (Å²) in [5.74, 6) is -1.41. The Morgan fingerprint density at radius 1 is 1.40 bits per heavy atom. The first-order valence-electron chi connectivity index (χ1n) is 4.26. The van der Waals surface area contributed by atoms with Crippen LogP contribution in [-0.2, 0) is 16.2 Å². The van der Waals surface area contributed by atoms with Gasteiger partial charge in [0, 0.05) is 0 Å². The standard InChI is InChI=1S/C10H10FNO3/c11-6-9(10(13)14)12-15-7-8-4-2-1-3-5-8/h1-5H,6-7H2,(H,13,14)/b12-9-. The van der Waals surface area contributed by atoms with Crippen molar-refractivity contribution in [2.24, 2.45) is 5.16 Å². The maximum absolute atomic E-state index is 12.0. The monoisotopic (exact) mass is 211 g/mol. The van der Waals surface area contributed by atoms with E-state index in [9.17, 15) is 9.18 Å². The molecular formula is C10H10FNO3. The summed E-state index contributed by atoms with van der Waals surface area (Å²) in [6, 6.07) is 9.07. The highest BCUT2D eigenvalue weighted by molar-refractivity contribution is 6.36. The van der Waals surface area contributed by atoms with Crippen molar-refractivity contribution in [2.75, 3.05) is 6.67 Å². The number of carbonyl (C=O) groups is 1. The lowest BCUT2D eigenvalue weighted by atomic mass is 10.2. The van der Waals surface area contributed by atoms with Crippen LogP contribution in [0.15, 0.2) is 35.5 Å². The van der Waals surface area contributed by atoms with E-state index >= 15 is 0 Å². The van der Waals surface area contributed by atoms with E-state index in [0.717, 1.165) is 5.56 Å². The fourth-order valence-corrected chi connectivity index (χ4v) is 0.880. The molecule has 1 aromatic carbocycles. The van der Waals surface area contributed by atoms with Crippen LogP contribution in [-0.4, -0.2) is 23.5 Å². The van der Waals surface area contributed by atoms with Gasteiger partial charge in [-0.2, -0.15) is 0 Å². The number of aliphatic carboxylic acids is 1. The van der Waals surface area contributed by atoms with Gasteiger partial charge in [0.05, 0.1) is 0 Å². The first kappa shape index (κ1) is 11.2. The molecule has 0 unspecified atom stereocenters. The second kappa shape index (κ2) is 5.74. The Kier molecular flexibility index (Phi) is 4.28. The van der Waals surface area contributed by atoms with Gasteiger partial charge in [-0.05, 0) is 5.56 Å². The number of benzene rings is 1. The quantitative estimate of drug-likeness (QED) is 0.594. The summed E-state index contributed by atoms with van der Waals surface area (Å²) in [4.78, 5) is 15.0. The van der Waals surface area contributed by atoms with Gasteiger partial charge in [-0.25, -0.2) is 9.18 Å². The van der Waals surface area contributed by atoms with Crippen molar-refractivity contribution < 1.29 is 19.1 Å². The van der Waals surface area contributed by atoms with Gasteiger partial charge in [-0.3, -0.25) is 0 Å². The van der Waals surface area contributed by atoms with Gasteiger partial charge in [-0.1, -0.05) is 35.5 Å². The largest absolute Gasteiger partial charge is 0.477 e. The average molecular weight is 211 g/mol. The molecule has 0 amide bonds. The van der Waals surface area contributed by atoms with Crippen LogP contribution in [0.25, 0.3) is 0 Å². The van der Waals surface area contributed by atoms with Crippen LogP contribution in [0.4, 0.5) is 4.39 Å². The molecule has 0 aliphatic rings. The van der Waals surface area contributed by atoms with Gasteiger partial charge in [0.15, 0.2) is 5.71 Å². The van der Waals surface area contributed by atoms with Crippen LogP contribution < -0.4 is 0 Å². The van der Waals surface area contributed by atoms with Gasteiger partial charge in [-0.15, -0.1) is 0 Å². The lowest BCUT2D eigenvalue weighted by molar-refractivity contribution is -0.129. The van der Waals surface area contributed by atoms with Crippen molar-refractivity contribution in [3.63, 3.8) is 0 Å². The Hall–Kier alpha value is -1.91. The van der Waals surface area contributed by atoms with Gasteiger partial charge >= 0.3 is 5.97 Å². The molecule has 0 aliphatic heterocycles. The lowest BCUT2D eigenvalue weighted by Gasteiger charge is -2.00.